The van der Waals surface area contributed by atoms with E-state index in [1.807, 2.05) is 28.7 Å². The summed E-state index contributed by atoms with van der Waals surface area (Å²) in [5.41, 5.74) is 1.92. The van der Waals surface area contributed by atoms with Crippen molar-refractivity contribution in [1.82, 2.24) is 19.6 Å². The summed E-state index contributed by atoms with van der Waals surface area (Å²) in [4.78, 5) is 15.4. The van der Waals surface area contributed by atoms with Gasteiger partial charge in [-0.3, -0.25) is 9.20 Å². The number of imidazole rings is 1. The van der Waals surface area contributed by atoms with E-state index in [2.05, 4.69) is 15.2 Å². The predicted octanol–water partition coefficient (Wildman–Crippen LogP) is 1.89. The summed E-state index contributed by atoms with van der Waals surface area (Å²) >= 11 is 1.42. The summed E-state index contributed by atoms with van der Waals surface area (Å²) in [6, 6.07) is 7.85. The number of benzene rings is 1. The predicted molar refractivity (Wildman–Crippen MR) is 66.2 cm³/mol. The maximum Gasteiger partial charge on any atom is 0.231 e. The van der Waals surface area contributed by atoms with Crippen LogP contribution in [0.15, 0.2) is 29.4 Å². The molecule has 0 fully saturated rings. The molecule has 0 bridgehead atoms. The van der Waals surface area contributed by atoms with Gasteiger partial charge in [0.25, 0.3) is 0 Å². The minimum absolute atomic E-state index is 0.135. The van der Waals surface area contributed by atoms with Crippen LogP contribution in [0.4, 0.5) is 0 Å². The molecule has 0 amide bonds. The van der Waals surface area contributed by atoms with E-state index in [1.165, 1.54) is 11.8 Å². The van der Waals surface area contributed by atoms with Crippen molar-refractivity contribution in [3.8, 4) is 0 Å². The smallest absolute Gasteiger partial charge is 0.231 e. The van der Waals surface area contributed by atoms with Crippen molar-refractivity contribution in [3.63, 3.8) is 0 Å². The first-order chi connectivity index (χ1) is 8.25. The van der Waals surface area contributed by atoms with Gasteiger partial charge in [0.05, 0.1) is 16.8 Å². The monoisotopic (exact) mass is 246 g/mol. The van der Waals surface area contributed by atoms with Crippen LogP contribution in [0.2, 0.25) is 0 Å². The van der Waals surface area contributed by atoms with Crippen molar-refractivity contribution in [3.05, 3.63) is 24.3 Å². The molecule has 2 aromatic heterocycles. The third kappa shape index (κ3) is 1.70. The molecule has 0 spiro atoms. The molecule has 2 heterocycles. The summed E-state index contributed by atoms with van der Waals surface area (Å²) in [6.07, 6.45) is 0. The Labute approximate surface area is 101 Å². The maximum atomic E-state index is 11.0. The molecule has 3 rings (SSSR count). The minimum Gasteiger partial charge on any atom is -0.299 e. The van der Waals surface area contributed by atoms with Crippen molar-refractivity contribution in [2.45, 2.75) is 12.1 Å². The second kappa shape index (κ2) is 3.89. The number of para-hydroxylation sites is 2. The third-order valence-corrected chi connectivity index (χ3v) is 3.49. The number of rotatable bonds is 3. The Morgan fingerprint density at radius 1 is 1.47 bits per heavy atom. The number of nitrogens with zero attached hydrogens (tertiary/aromatic N) is 3. The number of aromatic amines is 1. The number of hydrogen-bond donors (Lipinski definition) is 1. The van der Waals surface area contributed by atoms with Crippen molar-refractivity contribution in [2.75, 3.05) is 5.75 Å². The molecule has 5 nitrogen and oxygen atoms in total. The van der Waals surface area contributed by atoms with E-state index < -0.39 is 0 Å². The van der Waals surface area contributed by atoms with Gasteiger partial charge in [0.2, 0.25) is 5.78 Å². The number of carbonyl (C=O) groups excluding carboxylic acids is 1. The number of ketones is 1. The van der Waals surface area contributed by atoms with E-state index in [1.54, 1.807) is 6.92 Å². The Morgan fingerprint density at radius 3 is 3.12 bits per heavy atom. The first kappa shape index (κ1) is 10.3. The summed E-state index contributed by atoms with van der Waals surface area (Å²) < 4.78 is 1.93. The normalized spacial score (nSPS) is 11.4. The highest BCUT2D eigenvalue weighted by molar-refractivity contribution is 7.99. The van der Waals surface area contributed by atoms with Gasteiger partial charge in [0.15, 0.2) is 5.16 Å². The van der Waals surface area contributed by atoms with Crippen molar-refractivity contribution < 1.29 is 4.79 Å². The molecule has 6 heteroatoms. The number of aromatic nitrogens is 4. The second-order valence-corrected chi connectivity index (χ2v) is 4.70. The molecule has 86 valence electrons. The van der Waals surface area contributed by atoms with E-state index >= 15 is 0 Å². The number of fused-ring (bicyclic) bond motifs is 3. The average molecular weight is 246 g/mol. The summed E-state index contributed by atoms with van der Waals surface area (Å²) in [6.45, 7) is 1.57. The Morgan fingerprint density at radius 2 is 2.29 bits per heavy atom. The maximum absolute atomic E-state index is 11.0. The molecule has 0 saturated carbocycles. The molecule has 0 unspecified atom stereocenters. The zero-order chi connectivity index (χ0) is 11.8. The molecule has 0 radical (unpaired) electrons. The Kier molecular flexibility index (Phi) is 2.36. The average Bonchev–Trinajstić information content (AvgIpc) is 2.84. The highest BCUT2D eigenvalue weighted by Crippen LogP contribution is 2.22. The van der Waals surface area contributed by atoms with E-state index in [-0.39, 0.29) is 5.78 Å². The van der Waals surface area contributed by atoms with Gasteiger partial charge in [0.1, 0.15) is 5.78 Å². The number of nitrogens with one attached hydrogen (secondary N) is 1. The molecule has 1 N–H and O–H groups in total. The molecule has 0 aliphatic carbocycles. The number of Topliss-reactive ketones (excluding diaryl/α,β-unsaturated/α-hetero) is 1. The Balaban J connectivity index is 2.15. The molecule has 0 saturated heterocycles. The molecule has 17 heavy (non-hydrogen) atoms. The van der Waals surface area contributed by atoms with E-state index in [4.69, 9.17) is 0 Å². The highest BCUT2D eigenvalue weighted by atomic mass is 32.2. The van der Waals surface area contributed by atoms with Gasteiger partial charge < -0.3 is 0 Å². The fourth-order valence-corrected chi connectivity index (χ4v) is 2.46. The largest absolute Gasteiger partial charge is 0.299 e. The lowest BCUT2D eigenvalue weighted by Gasteiger charge is -1.96. The molecule has 0 aliphatic heterocycles. The molecule has 3 aromatic rings. The van der Waals surface area contributed by atoms with Crippen LogP contribution in [0.25, 0.3) is 16.8 Å². The van der Waals surface area contributed by atoms with Crippen molar-refractivity contribution in [2.24, 2.45) is 0 Å². The summed E-state index contributed by atoms with van der Waals surface area (Å²) in [7, 11) is 0. The Bertz CT molecular complexity index is 700. The lowest BCUT2D eigenvalue weighted by molar-refractivity contribution is -0.114. The topological polar surface area (TPSA) is 63.0 Å². The van der Waals surface area contributed by atoms with Gasteiger partial charge in [-0.1, -0.05) is 23.9 Å². The zero-order valence-electron chi connectivity index (χ0n) is 9.17. The summed E-state index contributed by atoms with van der Waals surface area (Å²) in [5.74, 6) is 1.26. The van der Waals surface area contributed by atoms with Gasteiger partial charge in [-0.15, -0.1) is 5.10 Å². The first-order valence-corrected chi connectivity index (χ1v) is 6.18. The van der Waals surface area contributed by atoms with Gasteiger partial charge in [-0.2, -0.15) is 0 Å². The van der Waals surface area contributed by atoms with Gasteiger partial charge in [-0.25, -0.2) is 10.1 Å². The van der Waals surface area contributed by atoms with Crippen LogP contribution in [0.1, 0.15) is 6.92 Å². The molecule has 0 aliphatic rings. The molecular weight excluding hydrogens is 236 g/mol. The second-order valence-electron chi connectivity index (χ2n) is 3.76. The lowest BCUT2D eigenvalue weighted by atomic mass is 10.3. The van der Waals surface area contributed by atoms with E-state index in [0.29, 0.717) is 11.5 Å². The van der Waals surface area contributed by atoms with Crippen LogP contribution in [0.3, 0.4) is 0 Å². The highest BCUT2D eigenvalue weighted by Gasteiger charge is 2.11. The molecular formula is C11H10N4OS. The minimum atomic E-state index is 0.135. The molecule has 1 aromatic carbocycles. The number of H-pyrrole nitrogens is 1. The number of hydrogen-bond acceptors (Lipinski definition) is 4. The number of carbonyl (C=O) groups is 1. The van der Waals surface area contributed by atoms with Crippen molar-refractivity contribution >= 4 is 34.4 Å². The van der Waals surface area contributed by atoms with Crippen molar-refractivity contribution in [1.29, 1.82) is 0 Å². The lowest BCUT2D eigenvalue weighted by Crippen LogP contribution is -1.95. The van der Waals surface area contributed by atoms with E-state index in [0.717, 1.165) is 16.2 Å². The fraction of sp³-hybridized carbons (Fsp3) is 0.182. The van der Waals surface area contributed by atoms with Gasteiger partial charge in [0, 0.05) is 0 Å². The van der Waals surface area contributed by atoms with Crippen LogP contribution in [0.5, 0.6) is 0 Å². The first-order valence-electron chi connectivity index (χ1n) is 5.19. The number of thioether (sulfide) groups is 1. The van der Waals surface area contributed by atoms with Crippen LogP contribution in [-0.2, 0) is 4.79 Å². The van der Waals surface area contributed by atoms with Crippen LogP contribution in [-0.4, -0.2) is 31.1 Å². The molecule has 0 atom stereocenters. The zero-order valence-corrected chi connectivity index (χ0v) is 9.99. The van der Waals surface area contributed by atoms with E-state index in [9.17, 15) is 4.79 Å². The standard InChI is InChI=1S/C11H10N4OS/c1-7(16)6-17-11-14-13-10-12-8-4-2-3-5-9(8)15(10)11/h2-5H,6H2,1H3,(H,12,13). The van der Waals surface area contributed by atoms with Crippen LogP contribution >= 0.6 is 11.8 Å². The quantitative estimate of drug-likeness (QED) is 0.717. The summed E-state index contributed by atoms with van der Waals surface area (Å²) in [5, 5.41) is 7.80. The van der Waals surface area contributed by atoms with Crippen LogP contribution in [0, 0.1) is 0 Å². The fourth-order valence-electron chi connectivity index (χ4n) is 1.71. The third-order valence-electron chi connectivity index (χ3n) is 2.41. The Hall–Kier alpha value is -1.82. The van der Waals surface area contributed by atoms with Crippen LogP contribution < -0.4 is 0 Å². The SMILES string of the molecule is CC(=O)CSc1n[nH]c2nc3ccccc3n12. The van der Waals surface area contributed by atoms with Gasteiger partial charge >= 0.3 is 0 Å². The van der Waals surface area contributed by atoms with Gasteiger partial charge in [-0.05, 0) is 19.1 Å².